The number of nitrogens with one attached hydrogen (secondary N) is 2. The van der Waals surface area contributed by atoms with Gasteiger partial charge in [0.2, 0.25) is 5.91 Å². The van der Waals surface area contributed by atoms with E-state index in [1.54, 1.807) is 25.1 Å². The van der Waals surface area contributed by atoms with E-state index in [4.69, 9.17) is 16.3 Å². The fourth-order valence-corrected chi connectivity index (χ4v) is 2.51. The van der Waals surface area contributed by atoms with E-state index in [1.807, 2.05) is 0 Å². The molecule has 24 heavy (non-hydrogen) atoms. The molecule has 0 saturated heterocycles. The van der Waals surface area contributed by atoms with Crippen LogP contribution in [0.5, 0.6) is 5.75 Å². The fraction of sp³-hybridized carbons (Fsp3) is 0.176. The Bertz CT molecular complexity index is 825. The van der Waals surface area contributed by atoms with Crippen molar-refractivity contribution < 1.29 is 18.7 Å². The van der Waals surface area contributed by atoms with Crippen LogP contribution >= 0.6 is 11.6 Å². The minimum Gasteiger partial charge on any atom is -0.479 e. The largest absolute Gasteiger partial charge is 0.479 e. The van der Waals surface area contributed by atoms with Crippen LogP contribution in [0.4, 0.5) is 15.8 Å². The smallest absolute Gasteiger partial charge is 0.265 e. The Hall–Kier alpha value is -2.60. The average molecular weight is 349 g/mol. The second-order valence-corrected chi connectivity index (χ2v) is 5.84. The Labute approximate surface area is 142 Å². The highest BCUT2D eigenvalue weighted by molar-refractivity contribution is 6.31. The molecule has 0 aromatic heterocycles. The van der Waals surface area contributed by atoms with E-state index in [0.717, 1.165) is 0 Å². The molecule has 3 rings (SSSR count). The highest BCUT2D eigenvalue weighted by atomic mass is 35.5. The zero-order valence-electron chi connectivity index (χ0n) is 12.7. The Balaban J connectivity index is 1.69. The van der Waals surface area contributed by atoms with E-state index >= 15 is 0 Å². The summed E-state index contributed by atoms with van der Waals surface area (Å²) < 4.78 is 18.6. The number of carbonyl (C=O) groups excluding carboxylic acids is 2. The molecule has 2 N–H and O–H groups in total. The number of anilines is 2. The normalized spacial score (nSPS) is 16.0. The van der Waals surface area contributed by atoms with Crippen molar-refractivity contribution in [1.29, 1.82) is 0 Å². The summed E-state index contributed by atoms with van der Waals surface area (Å²) in [6.45, 7) is 1.66. The SMILES string of the molecule is CC1Oc2ccc(CC(=O)Nc3ccc(F)c(Cl)c3)cc2NC1=O. The molecule has 124 valence electrons. The number of carbonyl (C=O) groups is 2. The standard InChI is InChI=1S/C17H14ClFN2O3/c1-9-17(23)21-14-6-10(2-5-15(14)24-9)7-16(22)20-11-3-4-13(19)12(18)8-11/h2-6,8-9H,7H2,1H3,(H,20,22)(H,21,23). The maximum absolute atomic E-state index is 13.1. The zero-order valence-corrected chi connectivity index (χ0v) is 13.5. The van der Waals surface area contributed by atoms with Crippen LogP contribution in [0.15, 0.2) is 36.4 Å². The van der Waals surface area contributed by atoms with E-state index in [0.29, 0.717) is 22.7 Å². The predicted molar refractivity (Wildman–Crippen MR) is 88.9 cm³/mol. The van der Waals surface area contributed by atoms with Gasteiger partial charge in [-0.15, -0.1) is 0 Å². The molecule has 0 spiro atoms. The van der Waals surface area contributed by atoms with Crippen molar-refractivity contribution in [3.63, 3.8) is 0 Å². The quantitative estimate of drug-likeness (QED) is 0.893. The summed E-state index contributed by atoms with van der Waals surface area (Å²) in [5.74, 6) is -0.495. The molecule has 0 fully saturated rings. The van der Waals surface area contributed by atoms with Gasteiger partial charge in [0, 0.05) is 5.69 Å². The summed E-state index contributed by atoms with van der Waals surface area (Å²) in [5, 5.41) is 5.32. The van der Waals surface area contributed by atoms with Gasteiger partial charge < -0.3 is 15.4 Å². The second kappa shape index (κ2) is 6.49. The molecule has 0 aliphatic carbocycles. The Morgan fingerprint density at radius 1 is 1.33 bits per heavy atom. The molecule has 0 bridgehead atoms. The summed E-state index contributed by atoms with van der Waals surface area (Å²) in [7, 11) is 0. The van der Waals surface area contributed by atoms with Gasteiger partial charge in [-0.25, -0.2) is 4.39 Å². The van der Waals surface area contributed by atoms with Crippen LogP contribution in [0.25, 0.3) is 0 Å². The van der Waals surface area contributed by atoms with Crippen molar-refractivity contribution >= 4 is 34.8 Å². The molecule has 1 heterocycles. The highest BCUT2D eigenvalue weighted by Crippen LogP contribution is 2.30. The van der Waals surface area contributed by atoms with E-state index in [9.17, 15) is 14.0 Å². The average Bonchev–Trinajstić information content (AvgIpc) is 2.52. The van der Waals surface area contributed by atoms with Crippen molar-refractivity contribution in [3.8, 4) is 5.75 Å². The predicted octanol–water partition coefficient (Wildman–Crippen LogP) is 3.38. The van der Waals surface area contributed by atoms with Gasteiger partial charge in [0.05, 0.1) is 17.1 Å². The number of benzene rings is 2. The Morgan fingerprint density at radius 2 is 2.12 bits per heavy atom. The Morgan fingerprint density at radius 3 is 2.88 bits per heavy atom. The molecule has 0 radical (unpaired) electrons. The highest BCUT2D eigenvalue weighted by Gasteiger charge is 2.23. The van der Waals surface area contributed by atoms with Crippen LogP contribution in [0, 0.1) is 5.82 Å². The number of hydrogen-bond donors (Lipinski definition) is 2. The molecular weight excluding hydrogens is 335 g/mol. The van der Waals surface area contributed by atoms with Crippen molar-refractivity contribution in [1.82, 2.24) is 0 Å². The molecule has 5 nitrogen and oxygen atoms in total. The van der Waals surface area contributed by atoms with Crippen LogP contribution in [0.1, 0.15) is 12.5 Å². The van der Waals surface area contributed by atoms with Crippen LogP contribution in [0.3, 0.4) is 0 Å². The molecule has 1 atom stereocenters. The topological polar surface area (TPSA) is 67.4 Å². The van der Waals surface area contributed by atoms with Crippen molar-refractivity contribution in [2.45, 2.75) is 19.4 Å². The summed E-state index contributed by atoms with van der Waals surface area (Å²) in [6, 6.07) is 9.11. The number of hydrogen-bond acceptors (Lipinski definition) is 3. The van der Waals surface area contributed by atoms with E-state index in [2.05, 4.69) is 10.6 Å². The van der Waals surface area contributed by atoms with Crippen LogP contribution < -0.4 is 15.4 Å². The first-order valence-electron chi connectivity index (χ1n) is 7.28. The maximum atomic E-state index is 13.1. The third kappa shape index (κ3) is 3.49. The third-order valence-corrected chi connectivity index (χ3v) is 3.83. The van der Waals surface area contributed by atoms with Gasteiger partial charge in [-0.3, -0.25) is 9.59 Å². The molecule has 2 aromatic rings. The molecule has 1 unspecified atom stereocenters. The lowest BCUT2D eigenvalue weighted by atomic mass is 10.1. The lowest BCUT2D eigenvalue weighted by molar-refractivity contribution is -0.122. The summed E-state index contributed by atoms with van der Waals surface area (Å²) in [5.41, 5.74) is 1.65. The van der Waals surface area contributed by atoms with Crippen LogP contribution in [-0.2, 0) is 16.0 Å². The van der Waals surface area contributed by atoms with Crippen LogP contribution in [-0.4, -0.2) is 17.9 Å². The lowest BCUT2D eigenvalue weighted by Crippen LogP contribution is -2.34. The summed E-state index contributed by atoms with van der Waals surface area (Å²) in [6.07, 6.45) is -0.455. The number of amides is 2. The van der Waals surface area contributed by atoms with Gasteiger partial charge in [-0.2, -0.15) is 0 Å². The van der Waals surface area contributed by atoms with Crippen molar-refractivity contribution in [3.05, 3.63) is 52.8 Å². The molecule has 7 heteroatoms. The maximum Gasteiger partial charge on any atom is 0.265 e. The first-order chi connectivity index (χ1) is 11.4. The van der Waals surface area contributed by atoms with E-state index < -0.39 is 11.9 Å². The Kier molecular flexibility index (Phi) is 4.40. The van der Waals surface area contributed by atoms with Crippen molar-refractivity contribution in [2.75, 3.05) is 10.6 Å². The van der Waals surface area contributed by atoms with Gasteiger partial charge >= 0.3 is 0 Å². The minimum absolute atomic E-state index is 0.0597. The van der Waals surface area contributed by atoms with Gasteiger partial charge in [-0.1, -0.05) is 17.7 Å². The first kappa shape index (κ1) is 16.3. The van der Waals surface area contributed by atoms with Gasteiger partial charge in [-0.05, 0) is 42.8 Å². The molecule has 2 aromatic carbocycles. The lowest BCUT2D eigenvalue weighted by Gasteiger charge is -2.23. The van der Waals surface area contributed by atoms with Crippen molar-refractivity contribution in [2.24, 2.45) is 0 Å². The second-order valence-electron chi connectivity index (χ2n) is 5.43. The number of fused-ring (bicyclic) bond motifs is 1. The molecule has 0 saturated carbocycles. The molecule has 2 amide bonds. The summed E-state index contributed by atoms with van der Waals surface area (Å²) >= 11 is 5.68. The fourth-order valence-electron chi connectivity index (χ4n) is 2.33. The summed E-state index contributed by atoms with van der Waals surface area (Å²) in [4.78, 5) is 23.7. The minimum atomic E-state index is -0.547. The number of rotatable bonds is 3. The van der Waals surface area contributed by atoms with Gasteiger partial charge in [0.15, 0.2) is 6.10 Å². The monoisotopic (exact) mass is 348 g/mol. The molecular formula is C17H14ClFN2O3. The van der Waals surface area contributed by atoms with E-state index in [-0.39, 0.29) is 23.3 Å². The zero-order chi connectivity index (χ0) is 17.3. The molecule has 1 aliphatic heterocycles. The van der Waals surface area contributed by atoms with Crippen LogP contribution in [0.2, 0.25) is 5.02 Å². The third-order valence-electron chi connectivity index (χ3n) is 3.54. The van der Waals surface area contributed by atoms with Gasteiger partial charge in [0.25, 0.3) is 5.91 Å². The number of halogens is 2. The first-order valence-corrected chi connectivity index (χ1v) is 7.65. The molecule has 1 aliphatic rings. The van der Waals surface area contributed by atoms with Gasteiger partial charge in [0.1, 0.15) is 11.6 Å². The van der Waals surface area contributed by atoms with E-state index in [1.165, 1.54) is 18.2 Å². The number of ether oxygens (including phenoxy) is 1.